The van der Waals surface area contributed by atoms with Crippen LogP contribution >= 0.6 is 7.82 Å². The highest BCUT2D eigenvalue weighted by atomic mass is 31.2. The summed E-state index contributed by atoms with van der Waals surface area (Å²) in [6.45, 7) is 2.14. The van der Waals surface area contributed by atoms with Crippen LogP contribution in [0.5, 0.6) is 5.75 Å². The molecule has 0 heterocycles. The molecule has 0 saturated carbocycles. The number of hydrogen-bond acceptors (Lipinski definition) is 7. The zero-order valence-electron chi connectivity index (χ0n) is 11.6. The topological polar surface area (TPSA) is 89.2 Å². The first kappa shape index (κ1) is 17.1. The van der Waals surface area contributed by atoms with E-state index in [0.29, 0.717) is 0 Å². The van der Waals surface area contributed by atoms with Crippen LogP contribution in [0.4, 0.5) is 0 Å². The van der Waals surface area contributed by atoms with Crippen molar-refractivity contribution in [2.45, 2.75) is 13.5 Å². The van der Waals surface area contributed by atoms with E-state index < -0.39 is 7.82 Å². The zero-order chi connectivity index (χ0) is 14.8. The molecule has 1 aromatic carbocycles. The Morgan fingerprint density at radius 1 is 1.10 bits per heavy atom. The van der Waals surface area contributed by atoms with Gasteiger partial charge in [0.2, 0.25) is 0 Å². The van der Waals surface area contributed by atoms with E-state index >= 15 is 0 Å². The summed E-state index contributed by atoms with van der Waals surface area (Å²) in [5, 5.41) is 0. The number of ether oxygens (including phenoxy) is 1. The molecule has 114 valence electrons. The Hall–Kier alpha value is -0.950. The van der Waals surface area contributed by atoms with Crippen molar-refractivity contribution in [3.63, 3.8) is 0 Å². The van der Waals surface area contributed by atoms with Crippen molar-refractivity contribution in [1.29, 1.82) is 0 Å². The van der Waals surface area contributed by atoms with Gasteiger partial charge in [-0.05, 0) is 24.6 Å². The molecule has 1 atom stereocenters. The molecule has 1 rings (SSSR count). The predicted octanol–water partition coefficient (Wildman–Crippen LogP) is 2.26. The van der Waals surface area contributed by atoms with Gasteiger partial charge in [-0.15, -0.1) is 0 Å². The van der Waals surface area contributed by atoms with Crippen LogP contribution in [0.2, 0.25) is 0 Å². The predicted molar refractivity (Wildman–Crippen MR) is 73.1 cm³/mol. The summed E-state index contributed by atoms with van der Waals surface area (Å²) in [6.07, 6.45) is 0. The van der Waals surface area contributed by atoms with Gasteiger partial charge in [0.15, 0.2) is 0 Å². The van der Waals surface area contributed by atoms with Crippen molar-refractivity contribution < 1.29 is 27.7 Å². The van der Waals surface area contributed by atoms with E-state index in [4.69, 9.17) is 24.2 Å². The molecule has 0 amide bonds. The summed E-state index contributed by atoms with van der Waals surface area (Å²) in [4.78, 5) is 4.33. The molecule has 0 saturated heterocycles. The molecule has 0 aliphatic carbocycles. The summed E-state index contributed by atoms with van der Waals surface area (Å²) >= 11 is 0. The first-order valence-electron chi connectivity index (χ1n) is 6.12. The third-order valence-electron chi connectivity index (χ3n) is 2.29. The largest absolute Gasteiger partial charge is 0.497 e. The van der Waals surface area contributed by atoms with Gasteiger partial charge in [0, 0.05) is 0 Å². The smallest absolute Gasteiger partial charge is 0.475 e. The number of phosphoric ester groups is 1. The summed E-state index contributed by atoms with van der Waals surface area (Å²) in [5.74, 6) is 5.60. The maximum absolute atomic E-state index is 12.2. The highest BCUT2D eigenvalue weighted by molar-refractivity contribution is 7.48. The van der Waals surface area contributed by atoms with Crippen molar-refractivity contribution in [3.05, 3.63) is 29.8 Å². The van der Waals surface area contributed by atoms with Gasteiger partial charge in [-0.3, -0.25) is 13.6 Å². The second-order valence-corrected chi connectivity index (χ2v) is 5.36. The average Bonchev–Trinajstić information content (AvgIpc) is 2.46. The molecule has 0 fully saturated rings. The molecule has 0 bridgehead atoms. The van der Waals surface area contributed by atoms with Gasteiger partial charge in [-0.1, -0.05) is 12.1 Å². The molecule has 2 N–H and O–H groups in total. The Labute approximate surface area is 118 Å². The number of nitrogens with two attached hydrogens (primary N) is 1. The standard InChI is InChI=1S/C12H20NO6P/c1-3-17-20(14,18-9-8-16-13)19-10-11-4-6-12(15-2)7-5-11/h4-7H,3,8-10,13H2,1-2H3. The Kier molecular flexibility index (Phi) is 7.76. The minimum Gasteiger partial charge on any atom is -0.497 e. The van der Waals surface area contributed by atoms with Crippen LogP contribution in [0.3, 0.4) is 0 Å². The van der Waals surface area contributed by atoms with Crippen LogP contribution in [-0.4, -0.2) is 26.9 Å². The van der Waals surface area contributed by atoms with E-state index in [9.17, 15) is 4.57 Å². The van der Waals surface area contributed by atoms with Gasteiger partial charge < -0.3 is 9.57 Å². The van der Waals surface area contributed by atoms with E-state index in [1.165, 1.54) is 0 Å². The fraction of sp³-hybridized carbons (Fsp3) is 0.500. The quantitative estimate of drug-likeness (QED) is 0.403. The molecule has 1 unspecified atom stereocenters. The summed E-state index contributed by atoms with van der Waals surface area (Å²) in [6, 6.07) is 7.18. The first-order chi connectivity index (χ1) is 9.63. The lowest BCUT2D eigenvalue weighted by molar-refractivity contribution is 0.0644. The van der Waals surface area contributed by atoms with Crippen LogP contribution in [0, 0.1) is 0 Å². The Morgan fingerprint density at radius 3 is 2.35 bits per heavy atom. The van der Waals surface area contributed by atoms with Crippen molar-refractivity contribution in [3.8, 4) is 5.75 Å². The second kappa shape index (κ2) is 9.07. The van der Waals surface area contributed by atoms with Crippen LogP contribution in [-0.2, 0) is 29.6 Å². The van der Waals surface area contributed by atoms with Gasteiger partial charge in [-0.2, -0.15) is 0 Å². The fourth-order valence-corrected chi connectivity index (χ4v) is 2.49. The zero-order valence-corrected chi connectivity index (χ0v) is 12.5. The number of hydrogen-bond donors (Lipinski definition) is 1. The van der Waals surface area contributed by atoms with Crippen molar-refractivity contribution in [2.75, 3.05) is 26.9 Å². The van der Waals surface area contributed by atoms with Gasteiger partial charge in [0.25, 0.3) is 0 Å². The average molecular weight is 305 g/mol. The molecule has 0 radical (unpaired) electrons. The fourth-order valence-electron chi connectivity index (χ4n) is 1.34. The van der Waals surface area contributed by atoms with Crippen molar-refractivity contribution in [1.82, 2.24) is 0 Å². The lowest BCUT2D eigenvalue weighted by atomic mass is 10.2. The summed E-state index contributed by atoms with van der Waals surface area (Å²) in [5.41, 5.74) is 0.824. The summed E-state index contributed by atoms with van der Waals surface area (Å²) < 4.78 is 32.6. The minimum atomic E-state index is -3.60. The summed E-state index contributed by atoms with van der Waals surface area (Å²) in [7, 11) is -2.01. The first-order valence-corrected chi connectivity index (χ1v) is 7.58. The highest BCUT2D eigenvalue weighted by Crippen LogP contribution is 2.49. The third-order valence-corrected chi connectivity index (χ3v) is 3.80. The van der Waals surface area contributed by atoms with Gasteiger partial charge in [0.1, 0.15) is 5.75 Å². The van der Waals surface area contributed by atoms with Crippen molar-refractivity contribution in [2.24, 2.45) is 5.90 Å². The van der Waals surface area contributed by atoms with Gasteiger partial charge in [0.05, 0.1) is 33.5 Å². The molecule has 0 spiro atoms. The van der Waals surface area contributed by atoms with E-state index in [1.54, 1.807) is 38.3 Å². The molecule has 20 heavy (non-hydrogen) atoms. The monoisotopic (exact) mass is 305 g/mol. The van der Waals surface area contributed by atoms with E-state index in [1.807, 2.05) is 0 Å². The van der Waals surface area contributed by atoms with Crippen LogP contribution in [0.25, 0.3) is 0 Å². The van der Waals surface area contributed by atoms with E-state index in [0.717, 1.165) is 11.3 Å². The third kappa shape index (κ3) is 6.00. The molecule has 8 heteroatoms. The molecule has 7 nitrogen and oxygen atoms in total. The molecule has 0 aliphatic heterocycles. The normalized spacial score (nSPS) is 13.9. The van der Waals surface area contributed by atoms with Gasteiger partial charge in [-0.25, -0.2) is 10.5 Å². The number of methoxy groups -OCH3 is 1. The van der Waals surface area contributed by atoms with Crippen molar-refractivity contribution >= 4 is 7.82 Å². The maximum Gasteiger partial charge on any atom is 0.475 e. The number of rotatable bonds is 10. The lowest BCUT2D eigenvalue weighted by Gasteiger charge is -2.17. The van der Waals surface area contributed by atoms with Crippen LogP contribution < -0.4 is 10.6 Å². The minimum absolute atomic E-state index is 0.0242. The van der Waals surface area contributed by atoms with Gasteiger partial charge >= 0.3 is 7.82 Å². The number of phosphoric acid groups is 1. The highest BCUT2D eigenvalue weighted by Gasteiger charge is 2.25. The Bertz CT molecular complexity index is 424. The Balaban J connectivity index is 2.54. The molecular weight excluding hydrogens is 285 g/mol. The number of benzene rings is 1. The lowest BCUT2D eigenvalue weighted by Crippen LogP contribution is -2.09. The Morgan fingerprint density at radius 2 is 1.80 bits per heavy atom. The maximum atomic E-state index is 12.2. The SMILES string of the molecule is CCOP(=O)(OCCON)OCc1ccc(OC)cc1. The van der Waals surface area contributed by atoms with Crippen LogP contribution in [0.1, 0.15) is 12.5 Å². The molecule has 0 aliphatic rings. The molecule has 1 aromatic rings. The second-order valence-electron chi connectivity index (χ2n) is 3.69. The van der Waals surface area contributed by atoms with E-state index in [2.05, 4.69) is 4.84 Å². The van der Waals surface area contributed by atoms with E-state index in [-0.39, 0.29) is 26.4 Å². The molecular formula is C12H20NO6P. The van der Waals surface area contributed by atoms with Crippen LogP contribution in [0.15, 0.2) is 24.3 Å². The molecule has 0 aromatic heterocycles.